The molecule has 2 rings (SSSR count). The van der Waals surface area contributed by atoms with Crippen LogP contribution in [-0.2, 0) is 0 Å². The van der Waals surface area contributed by atoms with E-state index in [2.05, 4.69) is 6.07 Å². The first-order chi connectivity index (χ1) is 8.61. The number of benzene rings is 1. The molecule has 2 nitrogen and oxygen atoms in total. The van der Waals surface area contributed by atoms with Crippen LogP contribution in [0.15, 0.2) is 18.2 Å². The average molecular weight is 266 g/mol. The van der Waals surface area contributed by atoms with Crippen molar-refractivity contribution in [1.29, 1.82) is 0 Å². The number of rotatable bonds is 4. The minimum absolute atomic E-state index is 0.132. The second-order valence-electron chi connectivity index (χ2n) is 5.15. The third-order valence-electron chi connectivity index (χ3n) is 3.57. The van der Waals surface area contributed by atoms with E-state index in [9.17, 15) is 4.79 Å². The maximum Gasteiger partial charge on any atom is 0.254 e. The molecule has 0 radical (unpaired) electrons. The van der Waals surface area contributed by atoms with Crippen LogP contribution in [0.2, 0.25) is 0 Å². The summed E-state index contributed by atoms with van der Waals surface area (Å²) in [6.07, 6.45) is 3.46. The quantitative estimate of drug-likeness (QED) is 0.763. The lowest BCUT2D eigenvalue weighted by molar-refractivity contribution is 0.0598. The number of halogens is 1. The molecule has 3 heteroatoms. The molecule has 1 amide bonds. The first kappa shape index (κ1) is 13.4. The van der Waals surface area contributed by atoms with Gasteiger partial charge in [0.1, 0.15) is 0 Å². The van der Waals surface area contributed by atoms with Crippen molar-refractivity contribution < 1.29 is 4.79 Å². The van der Waals surface area contributed by atoms with Crippen LogP contribution in [0.5, 0.6) is 0 Å². The zero-order valence-corrected chi connectivity index (χ0v) is 11.8. The molecule has 0 aromatic heterocycles. The van der Waals surface area contributed by atoms with E-state index in [0.29, 0.717) is 18.5 Å². The Balaban J connectivity index is 2.21. The van der Waals surface area contributed by atoms with E-state index < -0.39 is 0 Å². The average Bonchev–Trinajstić information content (AvgIpc) is 2.23. The van der Waals surface area contributed by atoms with Gasteiger partial charge in [-0.3, -0.25) is 4.79 Å². The lowest BCUT2D eigenvalue weighted by Crippen LogP contribution is -2.45. The Morgan fingerprint density at radius 2 is 1.89 bits per heavy atom. The van der Waals surface area contributed by atoms with E-state index in [0.717, 1.165) is 29.5 Å². The van der Waals surface area contributed by atoms with Crippen LogP contribution in [0, 0.1) is 13.8 Å². The summed E-state index contributed by atoms with van der Waals surface area (Å²) in [5, 5.41) is 0. The maximum absolute atomic E-state index is 12.5. The molecule has 0 heterocycles. The Morgan fingerprint density at radius 3 is 2.33 bits per heavy atom. The van der Waals surface area contributed by atoms with E-state index in [1.165, 1.54) is 6.42 Å². The summed E-state index contributed by atoms with van der Waals surface area (Å²) in [5.41, 5.74) is 3.07. The third kappa shape index (κ3) is 2.86. The molecular weight excluding hydrogens is 246 g/mol. The van der Waals surface area contributed by atoms with Crippen molar-refractivity contribution in [3.63, 3.8) is 0 Å². The number of amides is 1. The van der Waals surface area contributed by atoms with Crippen LogP contribution in [0.4, 0.5) is 0 Å². The van der Waals surface area contributed by atoms with E-state index in [4.69, 9.17) is 11.6 Å². The third-order valence-corrected chi connectivity index (χ3v) is 3.74. The largest absolute Gasteiger partial charge is 0.334 e. The van der Waals surface area contributed by atoms with Gasteiger partial charge < -0.3 is 4.90 Å². The van der Waals surface area contributed by atoms with Crippen molar-refractivity contribution in [2.45, 2.75) is 39.2 Å². The van der Waals surface area contributed by atoms with Crippen molar-refractivity contribution >= 4 is 17.5 Å². The smallest absolute Gasteiger partial charge is 0.254 e. The molecule has 18 heavy (non-hydrogen) atoms. The van der Waals surface area contributed by atoms with Gasteiger partial charge in [0.15, 0.2) is 0 Å². The molecule has 1 aliphatic carbocycles. The highest BCUT2D eigenvalue weighted by Crippen LogP contribution is 2.26. The number of carbonyl (C=O) groups excluding carboxylic acids is 1. The molecule has 1 saturated carbocycles. The molecule has 1 aromatic rings. The summed E-state index contributed by atoms with van der Waals surface area (Å²) in [7, 11) is 0. The molecule has 98 valence electrons. The van der Waals surface area contributed by atoms with Gasteiger partial charge in [0.2, 0.25) is 0 Å². The molecule has 1 aromatic carbocycles. The van der Waals surface area contributed by atoms with E-state index in [1.54, 1.807) is 0 Å². The highest BCUT2D eigenvalue weighted by Gasteiger charge is 2.28. The van der Waals surface area contributed by atoms with E-state index in [1.807, 2.05) is 30.9 Å². The highest BCUT2D eigenvalue weighted by molar-refractivity contribution is 6.18. The predicted octanol–water partition coefficient (Wildman–Crippen LogP) is 3.54. The topological polar surface area (TPSA) is 20.3 Å². The van der Waals surface area contributed by atoms with Gasteiger partial charge in [-0.15, -0.1) is 11.6 Å². The van der Waals surface area contributed by atoms with Gasteiger partial charge in [-0.2, -0.15) is 0 Å². The van der Waals surface area contributed by atoms with Crippen molar-refractivity contribution in [3.05, 3.63) is 34.9 Å². The predicted molar refractivity (Wildman–Crippen MR) is 75.3 cm³/mol. The summed E-state index contributed by atoms with van der Waals surface area (Å²) in [5.74, 6) is 0.639. The second-order valence-corrected chi connectivity index (χ2v) is 5.53. The molecule has 0 unspecified atom stereocenters. The number of hydrogen-bond donors (Lipinski definition) is 0. The molecule has 0 saturated heterocycles. The minimum atomic E-state index is 0.132. The van der Waals surface area contributed by atoms with Crippen LogP contribution < -0.4 is 0 Å². The molecule has 0 bridgehead atoms. The molecule has 0 spiro atoms. The van der Waals surface area contributed by atoms with Crippen molar-refractivity contribution in [1.82, 2.24) is 4.90 Å². The SMILES string of the molecule is Cc1cc(C)cc(C(=O)N(CCCl)C2CCC2)c1. The Kier molecular flexibility index (Phi) is 4.28. The Bertz CT molecular complexity index is 420. The van der Waals surface area contributed by atoms with Crippen LogP contribution in [-0.4, -0.2) is 29.3 Å². The molecular formula is C15H20ClNO. The van der Waals surface area contributed by atoms with E-state index >= 15 is 0 Å². The summed E-state index contributed by atoms with van der Waals surface area (Å²) < 4.78 is 0. The first-order valence-electron chi connectivity index (χ1n) is 6.57. The van der Waals surface area contributed by atoms with Crippen molar-refractivity contribution in [2.24, 2.45) is 0 Å². The van der Waals surface area contributed by atoms with E-state index in [-0.39, 0.29) is 5.91 Å². The van der Waals surface area contributed by atoms with Crippen molar-refractivity contribution in [2.75, 3.05) is 12.4 Å². The fraction of sp³-hybridized carbons (Fsp3) is 0.533. The van der Waals surface area contributed by atoms with Gasteiger partial charge in [-0.25, -0.2) is 0 Å². The van der Waals surface area contributed by atoms with Gasteiger partial charge in [-0.1, -0.05) is 17.2 Å². The number of aryl methyl sites for hydroxylation is 2. The standard InChI is InChI=1S/C15H20ClNO/c1-11-8-12(2)10-13(9-11)15(18)17(7-6-16)14-4-3-5-14/h8-10,14H,3-7H2,1-2H3. The summed E-state index contributed by atoms with van der Waals surface area (Å²) in [6.45, 7) is 4.70. The summed E-state index contributed by atoms with van der Waals surface area (Å²) in [4.78, 5) is 14.5. The normalized spacial score (nSPS) is 15.3. The zero-order valence-electron chi connectivity index (χ0n) is 11.1. The number of hydrogen-bond acceptors (Lipinski definition) is 1. The Morgan fingerprint density at radius 1 is 1.28 bits per heavy atom. The number of nitrogens with zero attached hydrogens (tertiary/aromatic N) is 1. The van der Waals surface area contributed by atoms with Crippen LogP contribution in [0.3, 0.4) is 0 Å². The van der Waals surface area contributed by atoms with Gasteiger partial charge in [0.25, 0.3) is 5.91 Å². The van der Waals surface area contributed by atoms with Gasteiger partial charge in [0, 0.05) is 24.0 Å². The Labute approximate surface area is 114 Å². The molecule has 1 fully saturated rings. The van der Waals surface area contributed by atoms with Crippen LogP contribution in [0.1, 0.15) is 40.7 Å². The van der Waals surface area contributed by atoms with Crippen molar-refractivity contribution in [3.8, 4) is 0 Å². The van der Waals surface area contributed by atoms with Crippen LogP contribution >= 0.6 is 11.6 Å². The zero-order chi connectivity index (χ0) is 13.1. The van der Waals surface area contributed by atoms with Gasteiger partial charge in [0.05, 0.1) is 0 Å². The summed E-state index contributed by atoms with van der Waals surface area (Å²) in [6, 6.07) is 6.42. The first-order valence-corrected chi connectivity index (χ1v) is 7.10. The number of alkyl halides is 1. The lowest BCUT2D eigenvalue weighted by Gasteiger charge is -2.37. The van der Waals surface area contributed by atoms with Gasteiger partial charge >= 0.3 is 0 Å². The fourth-order valence-electron chi connectivity index (χ4n) is 2.50. The monoisotopic (exact) mass is 265 g/mol. The molecule has 1 aliphatic rings. The number of carbonyl (C=O) groups is 1. The molecule has 0 aliphatic heterocycles. The molecule has 0 atom stereocenters. The van der Waals surface area contributed by atoms with Gasteiger partial charge in [-0.05, 0) is 45.2 Å². The maximum atomic E-state index is 12.5. The molecule has 0 N–H and O–H groups in total. The fourth-order valence-corrected chi connectivity index (χ4v) is 2.69. The second kappa shape index (κ2) is 5.75. The Hall–Kier alpha value is -1.02. The minimum Gasteiger partial charge on any atom is -0.334 e. The lowest BCUT2D eigenvalue weighted by atomic mass is 9.91. The summed E-state index contributed by atoms with van der Waals surface area (Å²) >= 11 is 5.82. The van der Waals surface area contributed by atoms with Crippen LogP contribution in [0.25, 0.3) is 0 Å². The highest BCUT2D eigenvalue weighted by atomic mass is 35.5.